The summed E-state index contributed by atoms with van der Waals surface area (Å²) in [6, 6.07) is 25.5. The van der Waals surface area contributed by atoms with E-state index in [4.69, 9.17) is 5.73 Å². The summed E-state index contributed by atoms with van der Waals surface area (Å²) in [6.45, 7) is 0. The predicted molar refractivity (Wildman–Crippen MR) is 93.9 cm³/mol. The molecule has 0 saturated heterocycles. The van der Waals surface area contributed by atoms with E-state index in [1.807, 2.05) is 50.5 Å². The van der Waals surface area contributed by atoms with Gasteiger partial charge in [-0.1, -0.05) is 66.7 Å². The molecule has 3 rings (SSSR count). The van der Waals surface area contributed by atoms with Crippen molar-refractivity contribution in [3.8, 4) is 0 Å². The molecule has 0 amide bonds. The fourth-order valence-corrected chi connectivity index (χ4v) is 2.79. The number of benzene rings is 3. The van der Waals surface area contributed by atoms with Crippen LogP contribution < -0.4 is 5.73 Å². The van der Waals surface area contributed by atoms with Gasteiger partial charge in [0.25, 0.3) is 0 Å². The molecule has 109 valence electrons. The summed E-state index contributed by atoms with van der Waals surface area (Å²) in [5.74, 6) is 0. The lowest BCUT2D eigenvalue weighted by Gasteiger charge is -2.21. The first-order valence-corrected chi connectivity index (χ1v) is 7.30. The zero-order valence-corrected chi connectivity index (χ0v) is 12.9. The van der Waals surface area contributed by atoms with Crippen LogP contribution in [0.5, 0.6) is 0 Å². The van der Waals surface area contributed by atoms with Gasteiger partial charge in [0.05, 0.1) is 11.4 Å². The molecule has 0 aromatic heterocycles. The highest BCUT2D eigenvalue weighted by Gasteiger charge is 2.12. The number of hydrogen-bond donors (Lipinski definition) is 1. The van der Waals surface area contributed by atoms with Crippen molar-refractivity contribution in [2.24, 2.45) is 5.73 Å². The molecule has 0 atom stereocenters. The monoisotopic (exact) mass is 287 g/mol. The average Bonchev–Trinajstić information content (AvgIpc) is 2.55. The normalized spacial score (nSPS) is 12.1. The first-order chi connectivity index (χ1) is 10.7. The first-order valence-electron chi connectivity index (χ1n) is 7.30. The average molecular weight is 287 g/mol. The van der Waals surface area contributed by atoms with Crippen molar-refractivity contribution in [3.63, 3.8) is 0 Å². The maximum Gasteiger partial charge on any atom is 0.0674 e. The first kappa shape index (κ1) is 14.2. The van der Waals surface area contributed by atoms with Crippen molar-refractivity contribution in [1.82, 2.24) is 4.90 Å². The van der Waals surface area contributed by atoms with Crippen LogP contribution >= 0.6 is 0 Å². The second kappa shape index (κ2) is 5.94. The van der Waals surface area contributed by atoms with E-state index in [1.54, 1.807) is 0 Å². The molecule has 0 aliphatic heterocycles. The van der Waals surface area contributed by atoms with Crippen molar-refractivity contribution in [2.45, 2.75) is 0 Å². The third-order valence-electron chi connectivity index (χ3n) is 3.77. The maximum absolute atomic E-state index is 6.57. The Bertz CT molecular complexity index is 812. The lowest BCUT2D eigenvalue weighted by atomic mass is 9.99. The summed E-state index contributed by atoms with van der Waals surface area (Å²) in [6.07, 6.45) is 0. The van der Waals surface area contributed by atoms with Crippen LogP contribution in [0.15, 0.2) is 66.7 Å². The summed E-state index contributed by atoms with van der Waals surface area (Å²) in [4.78, 5) is 2.06. The predicted octanol–water partition coefficient (Wildman–Crippen LogP) is 3.99. The van der Waals surface area contributed by atoms with Gasteiger partial charge in [-0.15, -0.1) is 0 Å². The highest BCUT2D eigenvalue weighted by molar-refractivity contribution is 5.99. The topological polar surface area (TPSA) is 29.3 Å². The molecule has 0 fully saturated rings. The summed E-state index contributed by atoms with van der Waals surface area (Å²) >= 11 is 0. The van der Waals surface area contributed by atoms with Crippen LogP contribution in [-0.2, 0) is 0 Å². The molecule has 0 aliphatic carbocycles. The van der Waals surface area contributed by atoms with Crippen molar-refractivity contribution in [3.05, 3.63) is 83.9 Å². The van der Waals surface area contributed by atoms with E-state index in [0.717, 1.165) is 22.5 Å². The molecular weight excluding hydrogens is 268 g/mol. The Morgan fingerprint density at radius 1 is 0.909 bits per heavy atom. The summed E-state index contributed by atoms with van der Waals surface area (Å²) in [7, 11) is 4.04. The Morgan fingerprint density at radius 2 is 1.59 bits per heavy atom. The van der Waals surface area contributed by atoms with Crippen LogP contribution in [0.1, 0.15) is 11.1 Å². The minimum Gasteiger partial charge on any atom is -0.397 e. The molecule has 2 nitrogen and oxygen atoms in total. The Hall–Kier alpha value is -2.74. The van der Waals surface area contributed by atoms with Crippen LogP contribution in [0.4, 0.5) is 0 Å². The number of nitrogens with two attached hydrogens (primary N) is 1. The van der Waals surface area contributed by atoms with Crippen molar-refractivity contribution >= 4 is 22.2 Å². The molecule has 2 N–H and O–H groups in total. The molecular formula is C20H19N2. The van der Waals surface area contributed by atoms with E-state index in [9.17, 15) is 0 Å². The van der Waals surface area contributed by atoms with E-state index in [1.165, 1.54) is 10.8 Å². The zero-order chi connectivity index (χ0) is 15.5. The Kier molecular flexibility index (Phi) is 3.84. The van der Waals surface area contributed by atoms with E-state index in [0.29, 0.717) is 0 Å². The van der Waals surface area contributed by atoms with Gasteiger partial charge in [0.2, 0.25) is 0 Å². The Labute approximate surface area is 131 Å². The fraction of sp³-hybridized carbons (Fsp3) is 0.100. The third kappa shape index (κ3) is 2.56. The Morgan fingerprint density at radius 3 is 2.32 bits per heavy atom. The highest BCUT2D eigenvalue weighted by atomic mass is 15.1. The molecule has 3 aromatic rings. The minimum atomic E-state index is 0.785. The van der Waals surface area contributed by atoms with Gasteiger partial charge < -0.3 is 10.6 Å². The highest BCUT2D eigenvalue weighted by Crippen LogP contribution is 2.29. The van der Waals surface area contributed by atoms with Crippen molar-refractivity contribution in [2.75, 3.05) is 14.1 Å². The Balaban J connectivity index is 2.27. The SMILES string of the molecule is CN(C)C(=C(N)c1cccc2ccccc12)c1cc[c]cc1. The fourth-order valence-electron chi connectivity index (χ4n) is 2.79. The molecule has 0 aliphatic rings. The van der Waals surface area contributed by atoms with Gasteiger partial charge in [-0.3, -0.25) is 0 Å². The summed E-state index contributed by atoms with van der Waals surface area (Å²) in [5, 5.41) is 2.37. The van der Waals surface area contributed by atoms with E-state index in [-0.39, 0.29) is 0 Å². The van der Waals surface area contributed by atoms with Gasteiger partial charge in [0.1, 0.15) is 0 Å². The number of rotatable bonds is 3. The van der Waals surface area contributed by atoms with Gasteiger partial charge in [-0.25, -0.2) is 0 Å². The molecule has 2 heteroatoms. The molecule has 0 unspecified atom stereocenters. The lowest BCUT2D eigenvalue weighted by molar-refractivity contribution is 0.593. The van der Waals surface area contributed by atoms with Crippen LogP contribution in [0.25, 0.3) is 22.2 Å². The van der Waals surface area contributed by atoms with Gasteiger partial charge >= 0.3 is 0 Å². The molecule has 0 heterocycles. The molecule has 0 spiro atoms. The third-order valence-corrected chi connectivity index (χ3v) is 3.77. The number of fused-ring (bicyclic) bond motifs is 1. The van der Waals surface area contributed by atoms with Crippen LogP contribution in [0, 0.1) is 6.07 Å². The smallest absolute Gasteiger partial charge is 0.0674 e. The molecule has 1 radical (unpaired) electrons. The van der Waals surface area contributed by atoms with Crippen LogP contribution in [0.3, 0.4) is 0 Å². The summed E-state index contributed by atoms with van der Waals surface area (Å²) in [5.41, 5.74) is 10.5. The lowest BCUT2D eigenvalue weighted by Crippen LogP contribution is -2.15. The van der Waals surface area contributed by atoms with E-state index >= 15 is 0 Å². The molecule has 3 aromatic carbocycles. The quantitative estimate of drug-likeness (QED) is 0.738. The summed E-state index contributed by atoms with van der Waals surface area (Å²) < 4.78 is 0. The van der Waals surface area contributed by atoms with E-state index in [2.05, 4.69) is 41.3 Å². The van der Waals surface area contributed by atoms with Crippen LogP contribution in [0.2, 0.25) is 0 Å². The van der Waals surface area contributed by atoms with Crippen molar-refractivity contribution in [1.29, 1.82) is 0 Å². The van der Waals surface area contributed by atoms with Crippen molar-refractivity contribution < 1.29 is 0 Å². The van der Waals surface area contributed by atoms with Gasteiger partial charge in [-0.05, 0) is 22.4 Å². The molecule has 0 bridgehead atoms. The standard InChI is InChI=1S/C20H19N2/c1-22(2)20(16-10-4-3-5-11-16)19(21)18-14-8-12-15-9-6-7-13-17(15)18/h4-14H,21H2,1-2H3. The van der Waals surface area contributed by atoms with Gasteiger partial charge in [-0.2, -0.15) is 0 Å². The van der Waals surface area contributed by atoms with Gasteiger partial charge in [0, 0.05) is 19.7 Å². The minimum absolute atomic E-state index is 0.785. The molecule has 22 heavy (non-hydrogen) atoms. The van der Waals surface area contributed by atoms with Crippen LogP contribution in [-0.4, -0.2) is 19.0 Å². The maximum atomic E-state index is 6.57. The second-order valence-corrected chi connectivity index (χ2v) is 5.47. The van der Waals surface area contributed by atoms with E-state index < -0.39 is 0 Å². The van der Waals surface area contributed by atoms with Gasteiger partial charge in [0.15, 0.2) is 0 Å². The second-order valence-electron chi connectivity index (χ2n) is 5.47. The number of hydrogen-bond acceptors (Lipinski definition) is 2. The molecule has 0 saturated carbocycles. The number of nitrogens with zero attached hydrogens (tertiary/aromatic N) is 1. The largest absolute Gasteiger partial charge is 0.397 e. The zero-order valence-electron chi connectivity index (χ0n) is 12.9.